The van der Waals surface area contributed by atoms with Crippen LogP contribution >= 0.6 is 0 Å². The van der Waals surface area contributed by atoms with Crippen molar-refractivity contribution in [2.45, 2.75) is 97.0 Å². The van der Waals surface area contributed by atoms with Crippen LogP contribution in [0.4, 0.5) is 0 Å². The van der Waals surface area contributed by atoms with E-state index in [0.29, 0.717) is 36.1 Å². The van der Waals surface area contributed by atoms with Crippen molar-refractivity contribution in [3.05, 3.63) is 0 Å². The van der Waals surface area contributed by atoms with Crippen LogP contribution in [-0.4, -0.2) is 40.8 Å². The van der Waals surface area contributed by atoms with Crippen LogP contribution in [0, 0.1) is 57.7 Å². The number of ketones is 1. The quantitative estimate of drug-likeness (QED) is 0.636. The van der Waals surface area contributed by atoms with E-state index < -0.39 is 5.60 Å². The maximum absolute atomic E-state index is 13.5. The zero-order valence-electron chi connectivity index (χ0n) is 20.9. The number of carbonyl (C=O) groups is 1. The second kappa shape index (κ2) is 8.36. The number of aliphatic hydroxyl groups is 1. The molecule has 4 saturated carbocycles. The van der Waals surface area contributed by atoms with Gasteiger partial charge in [-0.15, -0.1) is 0 Å². The maximum atomic E-state index is 13.5. The van der Waals surface area contributed by atoms with Crippen LogP contribution in [0.1, 0.15) is 91.4 Å². The fraction of sp³-hybridized carbons (Fsp3) is 0.893. The van der Waals surface area contributed by atoms with Gasteiger partial charge >= 0.3 is 0 Å². The zero-order chi connectivity index (χ0) is 23.4. The van der Waals surface area contributed by atoms with Crippen molar-refractivity contribution >= 4 is 12.0 Å². The highest BCUT2D eigenvalue weighted by Gasteiger charge is 2.62. The summed E-state index contributed by atoms with van der Waals surface area (Å²) in [7, 11) is 0. The van der Waals surface area contributed by atoms with Gasteiger partial charge in [0, 0.05) is 12.1 Å². The van der Waals surface area contributed by atoms with E-state index in [-0.39, 0.29) is 17.3 Å². The number of Topliss-reactive ketones (excluding diaryl/α,β-unsaturated/α-hetero) is 1. The fourth-order valence-electron chi connectivity index (χ4n) is 9.49. The molecule has 4 aliphatic carbocycles. The first-order valence-corrected chi connectivity index (χ1v) is 13.6. The van der Waals surface area contributed by atoms with E-state index in [0.717, 1.165) is 43.9 Å². The highest BCUT2D eigenvalue weighted by molar-refractivity contribution is 5.84. The average molecular weight is 454 g/mol. The molecule has 0 saturated heterocycles. The number of nitriles is 1. The number of hydrogen-bond acceptors (Lipinski definition) is 5. The molecule has 1 N–H and O–H groups in total. The number of hydrazone groups is 1. The molecule has 182 valence electrons. The van der Waals surface area contributed by atoms with Crippen molar-refractivity contribution in [1.29, 1.82) is 5.26 Å². The Morgan fingerprint density at radius 1 is 1.15 bits per heavy atom. The number of rotatable bonds is 4. The minimum Gasteiger partial charge on any atom is -0.390 e. The topological polar surface area (TPSA) is 76.7 Å². The monoisotopic (exact) mass is 453 g/mol. The third-order valence-corrected chi connectivity index (χ3v) is 11.3. The molecule has 4 fully saturated rings. The van der Waals surface area contributed by atoms with Crippen molar-refractivity contribution < 1.29 is 9.90 Å². The molecule has 5 aliphatic rings. The molecule has 0 aromatic rings. The first-order valence-electron chi connectivity index (χ1n) is 13.6. The molecular formula is C28H43N3O2. The molecule has 0 radical (unpaired) electrons. The molecule has 2 unspecified atom stereocenters. The van der Waals surface area contributed by atoms with E-state index in [9.17, 15) is 9.90 Å². The summed E-state index contributed by atoms with van der Waals surface area (Å²) in [6.07, 6.45) is 14.1. The summed E-state index contributed by atoms with van der Waals surface area (Å²) in [5.74, 6) is 3.06. The van der Waals surface area contributed by atoms with Crippen LogP contribution in [0.5, 0.6) is 0 Å². The first-order chi connectivity index (χ1) is 15.7. The van der Waals surface area contributed by atoms with Crippen molar-refractivity contribution in [2.24, 2.45) is 51.4 Å². The van der Waals surface area contributed by atoms with Gasteiger partial charge in [0.2, 0.25) is 0 Å². The Morgan fingerprint density at radius 3 is 2.67 bits per heavy atom. The second-order valence-corrected chi connectivity index (χ2v) is 12.9. The van der Waals surface area contributed by atoms with E-state index >= 15 is 0 Å². The van der Waals surface area contributed by atoms with Crippen LogP contribution in [0.2, 0.25) is 0 Å². The van der Waals surface area contributed by atoms with E-state index in [1.165, 1.54) is 38.5 Å². The van der Waals surface area contributed by atoms with Crippen molar-refractivity contribution in [3.63, 3.8) is 0 Å². The minimum absolute atomic E-state index is 0.0963. The molecule has 5 nitrogen and oxygen atoms in total. The van der Waals surface area contributed by atoms with Gasteiger partial charge in [-0.1, -0.05) is 20.8 Å². The summed E-state index contributed by atoms with van der Waals surface area (Å²) in [4.78, 5) is 13.5. The van der Waals surface area contributed by atoms with Crippen molar-refractivity contribution in [1.82, 2.24) is 5.01 Å². The predicted molar refractivity (Wildman–Crippen MR) is 129 cm³/mol. The Hall–Kier alpha value is -1.41. The number of nitrogens with zero attached hydrogens (tertiary/aromatic N) is 3. The normalized spacial score (nSPS) is 49.0. The second-order valence-electron chi connectivity index (χ2n) is 12.9. The Bertz CT molecular complexity index is 851. The summed E-state index contributed by atoms with van der Waals surface area (Å²) in [5.41, 5.74) is -0.0241. The summed E-state index contributed by atoms with van der Waals surface area (Å²) in [6.45, 7) is 8.09. The molecule has 0 amide bonds. The zero-order valence-corrected chi connectivity index (χ0v) is 20.9. The maximum Gasteiger partial charge on any atom is 0.157 e. The van der Waals surface area contributed by atoms with Gasteiger partial charge in [0.25, 0.3) is 0 Å². The molecule has 1 heterocycles. The highest BCUT2D eigenvalue weighted by Crippen LogP contribution is 2.68. The van der Waals surface area contributed by atoms with Gasteiger partial charge in [0.15, 0.2) is 5.78 Å². The largest absolute Gasteiger partial charge is 0.390 e. The molecule has 0 aromatic carbocycles. The first kappa shape index (κ1) is 23.3. The van der Waals surface area contributed by atoms with Crippen LogP contribution in [0.3, 0.4) is 0 Å². The lowest BCUT2D eigenvalue weighted by Gasteiger charge is -2.56. The molecule has 9 atom stereocenters. The Balaban J connectivity index is 1.33. The Kier molecular flexibility index (Phi) is 5.91. The number of fused-ring (bicyclic) bond motifs is 6. The lowest BCUT2D eigenvalue weighted by Crippen LogP contribution is -2.51. The molecule has 5 rings (SSSR count). The lowest BCUT2D eigenvalue weighted by molar-refractivity contribution is -0.133. The van der Waals surface area contributed by atoms with Crippen LogP contribution in [0.15, 0.2) is 5.10 Å². The lowest BCUT2D eigenvalue weighted by atomic mass is 9.48. The molecule has 0 spiro atoms. The van der Waals surface area contributed by atoms with Gasteiger partial charge in [0.05, 0.1) is 24.8 Å². The van der Waals surface area contributed by atoms with E-state index in [1.54, 1.807) is 6.21 Å². The average Bonchev–Trinajstić information content (AvgIpc) is 3.31. The number of carbonyl (C=O) groups excluding carboxylic acids is 1. The fourth-order valence-corrected chi connectivity index (χ4v) is 9.49. The molecule has 1 aliphatic heterocycles. The summed E-state index contributed by atoms with van der Waals surface area (Å²) >= 11 is 0. The standard InChI is InChI=1S/C28H43N3O2/c1-4-28(33)12-8-21-13-19(14-28)7-10-26(2)22(21)9-11-27(3)23(5-6-25(26)27)24(32)18-31-17-20(15-29)16-30-31/h16,19-23,25,33H,4-14,17-18H2,1-3H3/t19-,20?,21+,22-,23?,25+,26-,27-,28-/m1/s1. The van der Waals surface area contributed by atoms with E-state index in [4.69, 9.17) is 5.26 Å². The summed E-state index contributed by atoms with van der Waals surface area (Å²) in [6, 6.07) is 2.24. The van der Waals surface area contributed by atoms with Gasteiger partial charge in [0.1, 0.15) is 5.92 Å². The van der Waals surface area contributed by atoms with Crippen LogP contribution in [-0.2, 0) is 4.79 Å². The molecule has 33 heavy (non-hydrogen) atoms. The third-order valence-electron chi connectivity index (χ3n) is 11.3. The van der Waals surface area contributed by atoms with Gasteiger partial charge in [-0.3, -0.25) is 9.80 Å². The number of hydrogen-bond donors (Lipinski definition) is 1. The highest BCUT2D eigenvalue weighted by atomic mass is 16.3. The smallest absolute Gasteiger partial charge is 0.157 e. The molecule has 0 aromatic heterocycles. The summed E-state index contributed by atoms with van der Waals surface area (Å²) in [5, 5.41) is 26.4. The Morgan fingerprint density at radius 2 is 1.94 bits per heavy atom. The predicted octanol–water partition coefficient (Wildman–Crippen LogP) is 5.19. The molecule has 2 bridgehead atoms. The molecular weight excluding hydrogens is 410 g/mol. The van der Waals surface area contributed by atoms with Gasteiger partial charge in [-0.25, -0.2) is 0 Å². The summed E-state index contributed by atoms with van der Waals surface area (Å²) < 4.78 is 0. The molecule has 5 heteroatoms. The minimum atomic E-state index is -0.441. The van der Waals surface area contributed by atoms with Crippen molar-refractivity contribution in [2.75, 3.05) is 13.1 Å². The Labute approximate surface area is 200 Å². The SMILES string of the molecule is CC[C@@]1(O)CC[C@H]2C[C@@H](CC[C@]3(C)[C@@H]2CC[C@]2(C)C(C(=O)CN4CC(C#N)C=N4)CC[C@@H]32)C1. The van der Waals surface area contributed by atoms with Gasteiger partial charge in [-0.2, -0.15) is 10.4 Å². The van der Waals surface area contributed by atoms with E-state index in [1.807, 2.05) is 5.01 Å². The van der Waals surface area contributed by atoms with Gasteiger partial charge < -0.3 is 5.11 Å². The van der Waals surface area contributed by atoms with Crippen molar-refractivity contribution in [3.8, 4) is 6.07 Å². The van der Waals surface area contributed by atoms with E-state index in [2.05, 4.69) is 31.9 Å². The van der Waals surface area contributed by atoms with Crippen LogP contribution < -0.4 is 0 Å². The van der Waals surface area contributed by atoms with Crippen LogP contribution in [0.25, 0.3) is 0 Å². The third kappa shape index (κ3) is 3.85. The van der Waals surface area contributed by atoms with Gasteiger partial charge in [-0.05, 0) is 105 Å².